The highest BCUT2D eigenvalue weighted by atomic mass is 32.2. The van der Waals surface area contributed by atoms with E-state index in [0.717, 1.165) is 11.6 Å². The van der Waals surface area contributed by atoms with E-state index in [-0.39, 0.29) is 63.1 Å². The van der Waals surface area contributed by atoms with Crippen molar-refractivity contribution in [2.45, 2.75) is 85.7 Å². The number of hydrogen-bond donors (Lipinski definition) is 1. The van der Waals surface area contributed by atoms with Crippen LogP contribution in [0.15, 0.2) is 93.7 Å². The molecule has 0 saturated heterocycles. The molecule has 0 radical (unpaired) electrons. The fourth-order valence-corrected chi connectivity index (χ4v) is 14.2. The Morgan fingerprint density at radius 1 is 1.03 bits per heavy atom. The Morgan fingerprint density at radius 2 is 1.76 bits per heavy atom. The molecule has 7 rings (SSSR count). The van der Waals surface area contributed by atoms with Crippen LogP contribution < -0.4 is 0 Å². The third-order valence-corrected chi connectivity index (χ3v) is 18.0. The molecule has 1 aliphatic heterocycles. The summed E-state index contributed by atoms with van der Waals surface area (Å²) < 4.78 is 112. The largest absolute Gasteiger partial charge is 0.469 e. The van der Waals surface area contributed by atoms with E-state index in [4.69, 9.17) is 19.8 Å². The van der Waals surface area contributed by atoms with Crippen LogP contribution >= 0.6 is 0 Å². The molecule has 0 fully saturated rings. The summed E-state index contributed by atoms with van der Waals surface area (Å²) in [5, 5.41) is 3.95. The van der Waals surface area contributed by atoms with Gasteiger partial charge in [-0.1, -0.05) is 44.5 Å². The number of rotatable bonds is 6. The van der Waals surface area contributed by atoms with Gasteiger partial charge in [0, 0.05) is 41.2 Å². The minimum absolute atomic E-state index is 0.0228. The molecule has 17 heteroatoms. The monoisotopic (exact) mass is 905 g/mol. The zero-order valence-corrected chi connectivity index (χ0v) is 38.0. The van der Waals surface area contributed by atoms with Crippen molar-refractivity contribution in [3.63, 3.8) is 0 Å². The maximum Gasteiger partial charge on any atom is 0.308 e. The average Bonchev–Trinajstić information content (AvgIpc) is 3.85. The van der Waals surface area contributed by atoms with E-state index >= 15 is 8.78 Å². The van der Waals surface area contributed by atoms with E-state index in [1.54, 1.807) is 77.3 Å². The van der Waals surface area contributed by atoms with E-state index in [9.17, 15) is 25.8 Å². The first kappa shape index (κ1) is 44.9. The van der Waals surface area contributed by atoms with Gasteiger partial charge in [0.25, 0.3) is 0 Å². The second-order valence-corrected chi connectivity index (χ2v) is 22.8. The number of aryl methyl sites for hydroxylation is 3. The number of carbonyl (C=O) groups excluding carboxylic acids is 1. The molecule has 3 aromatic carbocycles. The molecule has 328 valence electrons. The van der Waals surface area contributed by atoms with Crippen molar-refractivity contribution in [1.82, 2.24) is 24.7 Å². The minimum Gasteiger partial charge on any atom is -0.469 e. The molecular formula is C45H49F2N5O7S3. The van der Waals surface area contributed by atoms with Crippen LogP contribution in [0.25, 0.3) is 22.3 Å². The second kappa shape index (κ2) is 16.9. The molecule has 4 heterocycles. The molecule has 4 atom stereocenters. The van der Waals surface area contributed by atoms with Crippen molar-refractivity contribution < 1.29 is 39.4 Å². The number of nitrogens with one attached hydrogen (secondary N) is 1. The molecule has 62 heavy (non-hydrogen) atoms. The molecule has 3 aromatic heterocycles. The number of sulfone groups is 2. The molecule has 0 aliphatic carbocycles. The Labute approximate surface area is 362 Å². The average molecular weight is 906 g/mol. The van der Waals surface area contributed by atoms with Gasteiger partial charge in [-0.3, -0.25) is 9.78 Å². The molecule has 12 nitrogen and oxygen atoms in total. The van der Waals surface area contributed by atoms with Crippen molar-refractivity contribution in [3.05, 3.63) is 119 Å². The van der Waals surface area contributed by atoms with Crippen LogP contribution in [0.5, 0.6) is 0 Å². The molecule has 0 amide bonds. The van der Waals surface area contributed by atoms with Crippen LogP contribution in [0.1, 0.15) is 68.9 Å². The maximum atomic E-state index is 16.2. The van der Waals surface area contributed by atoms with Crippen LogP contribution in [0, 0.1) is 29.9 Å². The lowest BCUT2D eigenvalue weighted by molar-refractivity contribution is -0.144. The number of fused-ring (bicyclic) bond motifs is 8. The van der Waals surface area contributed by atoms with E-state index in [1.165, 1.54) is 42.1 Å². The quantitative estimate of drug-likeness (QED) is 0.166. The molecule has 0 spiro atoms. The molecule has 0 saturated carbocycles. The van der Waals surface area contributed by atoms with Gasteiger partial charge < -0.3 is 9.72 Å². The first-order valence-corrected chi connectivity index (χ1v) is 24.6. The van der Waals surface area contributed by atoms with Crippen LogP contribution in [0.3, 0.4) is 0 Å². The lowest BCUT2D eigenvalue weighted by atomic mass is 9.77. The Balaban J connectivity index is 1.47. The summed E-state index contributed by atoms with van der Waals surface area (Å²) in [6.45, 7) is 8.57. The van der Waals surface area contributed by atoms with Gasteiger partial charge in [-0.2, -0.15) is 5.10 Å². The lowest BCUT2D eigenvalue weighted by Crippen LogP contribution is -2.43. The second-order valence-electron chi connectivity index (χ2n) is 17.1. The van der Waals surface area contributed by atoms with Crippen LogP contribution in [0.2, 0.25) is 0 Å². The number of halogens is 2. The Morgan fingerprint density at radius 3 is 2.47 bits per heavy atom. The molecule has 3 unspecified atom stereocenters. The third-order valence-electron chi connectivity index (χ3n) is 11.9. The van der Waals surface area contributed by atoms with Gasteiger partial charge in [0.1, 0.15) is 11.6 Å². The summed E-state index contributed by atoms with van der Waals surface area (Å²) in [6, 6.07) is 18.2. The number of nitrogens with zero attached hydrogens (tertiary/aromatic N) is 4. The number of aromatic nitrogens is 5. The van der Waals surface area contributed by atoms with Gasteiger partial charge in [-0.05, 0) is 98.7 Å². The summed E-state index contributed by atoms with van der Waals surface area (Å²) in [5.74, 6) is -3.39. The number of hydrogen-bond acceptors (Lipinski definition) is 10. The number of pyridine rings is 1. The highest BCUT2D eigenvalue weighted by Gasteiger charge is 2.46. The summed E-state index contributed by atoms with van der Waals surface area (Å²) in [4.78, 5) is 25.0. The molecular weight excluding hydrogens is 857 g/mol. The first-order chi connectivity index (χ1) is 29.1. The van der Waals surface area contributed by atoms with Crippen molar-refractivity contribution in [1.29, 1.82) is 0 Å². The lowest BCUT2D eigenvalue weighted by Gasteiger charge is -2.36. The van der Waals surface area contributed by atoms with Crippen molar-refractivity contribution in [2.24, 2.45) is 18.4 Å². The predicted octanol–water partition coefficient (Wildman–Crippen LogP) is 7.39. The Kier molecular flexibility index (Phi) is 12.2. The van der Waals surface area contributed by atoms with Gasteiger partial charge in [-0.25, -0.2) is 39.5 Å². The van der Waals surface area contributed by atoms with Gasteiger partial charge in [0.05, 0.1) is 67.0 Å². The number of aromatic amines is 1. The third kappa shape index (κ3) is 8.63. The number of benzene rings is 3. The van der Waals surface area contributed by atoms with E-state index < -0.39 is 81.6 Å². The predicted molar refractivity (Wildman–Crippen MR) is 232 cm³/mol. The van der Waals surface area contributed by atoms with E-state index in [0.29, 0.717) is 22.3 Å². The van der Waals surface area contributed by atoms with Gasteiger partial charge in [0.15, 0.2) is 31.3 Å². The molecule has 6 aromatic rings. The normalized spacial score (nSPS) is 21.0. The van der Waals surface area contributed by atoms with Gasteiger partial charge in [0.2, 0.25) is 0 Å². The number of esters is 1. The fraction of sp³-hybridized carbons (Fsp3) is 0.378. The van der Waals surface area contributed by atoms with Crippen molar-refractivity contribution >= 4 is 47.3 Å². The molecule has 4 bridgehead atoms. The standard InChI is InChI=1S/C45H49F2N5O7S3/c1-27-11-14-31(15-12-27)62(57,58)39-17-20-45(5,38-10-8-9-29(49-38)23-28(2)42(53)59-7)43-50-41(52(6)51-43)34-24-30(13-16-35(34)46)60(54)40-33(19-22-61(55,56)26-44(39,3)4)32-18-21-48-37(32)25-36(40)47/h8-16,18,21,24-25,28,39,48H,17,19-20,22-23,26H2,1-7H3/t28-,39?,45?,60?/m1/s1. The summed E-state index contributed by atoms with van der Waals surface area (Å²) in [6.07, 6.45) is 1.50. The first-order valence-electron chi connectivity index (χ1n) is 20.1. The zero-order valence-electron chi connectivity index (χ0n) is 35.5. The fourth-order valence-electron chi connectivity index (χ4n) is 8.55. The molecule has 1 aliphatic rings. The SMILES string of the molecule is COC(=O)[C@H](C)Cc1cccc(C2(C)CCC(S(=O)(=O)c3ccc(C)cc3)C(C)(C)CS(=O)(=O)CCc3c(c(F)cc4[nH]ccc34)S(=O)c3ccc(F)c(c3)-c3nc2nn3C)n1. The highest BCUT2D eigenvalue weighted by Crippen LogP contribution is 2.42. The smallest absolute Gasteiger partial charge is 0.308 e. The Bertz CT molecular complexity index is 2950. The van der Waals surface area contributed by atoms with Crippen molar-refractivity contribution in [2.75, 3.05) is 18.6 Å². The van der Waals surface area contributed by atoms with Gasteiger partial charge >= 0.3 is 5.97 Å². The zero-order chi connectivity index (χ0) is 44.9. The van der Waals surface area contributed by atoms with Crippen LogP contribution in [-0.2, 0) is 65.3 Å². The number of H-pyrrole nitrogens is 1. The summed E-state index contributed by atoms with van der Waals surface area (Å²) >= 11 is 0. The van der Waals surface area contributed by atoms with Gasteiger partial charge in [-0.15, -0.1) is 0 Å². The molecule has 1 N–H and O–H groups in total. The summed E-state index contributed by atoms with van der Waals surface area (Å²) in [5.41, 5.74) is -0.416. The number of carbonyl (C=O) groups is 1. The maximum absolute atomic E-state index is 16.2. The van der Waals surface area contributed by atoms with Crippen LogP contribution in [0.4, 0.5) is 8.78 Å². The van der Waals surface area contributed by atoms with E-state index in [1.807, 2.05) is 6.92 Å². The Hall–Kier alpha value is -5.13. The van der Waals surface area contributed by atoms with Crippen molar-refractivity contribution in [3.8, 4) is 11.4 Å². The summed E-state index contributed by atoms with van der Waals surface area (Å²) in [7, 11) is -7.76. The highest BCUT2D eigenvalue weighted by molar-refractivity contribution is 7.92. The number of ether oxygens (including phenoxy) is 1. The number of methoxy groups -OCH3 is 1. The topological polar surface area (TPSA) is 171 Å². The minimum atomic E-state index is -4.25. The van der Waals surface area contributed by atoms with Crippen LogP contribution in [-0.4, -0.2) is 75.6 Å². The van der Waals surface area contributed by atoms with E-state index in [2.05, 4.69) is 4.98 Å².